The first-order valence-electron chi connectivity index (χ1n) is 10.5. The highest BCUT2D eigenvalue weighted by Gasteiger charge is 2.36. The fraction of sp³-hybridized carbons (Fsp3) is 0.400. The number of ether oxygens (including phenoxy) is 1. The summed E-state index contributed by atoms with van der Waals surface area (Å²) in [5.41, 5.74) is 4.15. The average Bonchev–Trinajstić information content (AvgIpc) is 2.74. The highest BCUT2D eigenvalue weighted by atomic mass is 35.5. The van der Waals surface area contributed by atoms with Crippen LogP contribution < -0.4 is 0 Å². The fourth-order valence-corrected chi connectivity index (χ4v) is 4.59. The van der Waals surface area contributed by atoms with Crippen molar-refractivity contribution >= 4 is 22.5 Å². The van der Waals surface area contributed by atoms with Crippen LogP contribution in [0.25, 0.3) is 10.9 Å². The van der Waals surface area contributed by atoms with Gasteiger partial charge in [0.05, 0.1) is 18.2 Å². The van der Waals surface area contributed by atoms with E-state index in [1.807, 2.05) is 24.3 Å². The molecule has 30 heavy (non-hydrogen) atoms. The SMILES string of the molecule is Cc1cc(C(C)OCC2(c3ccc(F)cc3)CCN(C)CC2)c2nc(Cl)ccc2c1. The molecule has 1 atom stereocenters. The zero-order chi connectivity index (χ0) is 21.3. The molecule has 1 aliphatic rings. The molecule has 5 heteroatoms. The molecule has 3 aromatic rings. The monoisotopic (exact) mass is 426 g/mol. The van der Waals surface area contributed by atoms with Gasteiger partial charge < -0.3 is 9.64 Å². The van der Waals surface area contributed by atoms with Gasteiger partial charge in [-0.2, -0.15) is 0 Å². The smallest absolute Gasteiger partial charge is 0.129 e. The fourth-order valence-electron chi connectivity index (χ4n) is 4.44. The minimum Gasteiger partial charge on any atom is -0.373 e. The molecule has 3 nitrogen and oxygen atoms in total. The maximum atomic E-state index is 13.5. The lowest BCUT2D eigenvalue weighted by molar-refractivity contribution is 0.00695. The number of piperidine rings is 1. The number of nitrogens with zero attached hydrogens (tertiary/aromatic N) is 2. The van der Waals surface area contributed by atoms with Gasteiger partial charge in [-0.15, -0.1) is 0 Å². The lowest BCUT2D eigenvalue weighted by Gasteiger charge is -2.41. The van der Waals surface area contributed by atoms with Gasteiger partial charge in [0.15, 0.2) is 0 Å². The second-order valence-corrected chi connectivity index (χ2v) is 8.99. The van der Waals surface area contributed by atoms with Gasteiger partial charge >= 0.3 is 0 Å². The average molecular weight is 427 g/mol. The van der Waals surface area contributed by atoms with Crippen molar-refractivity contribution in [3.63, 3.8) is 0 Å². The van der Waals surface area contributed by atoms with E-state index >= 15 is 0 Å². The van der Waals surface area contributed by atoms with Crippen molar-refractivity contribution in [1.82, 2.24) is 9.88 Å². The zero-order valence-corrected chi connectivity index (χ0v) is 18.5. The lowest BCUT2D eigenvalue weighted by atomic mass is 9.73. The molecule has 1 aromatic heterocycles. The van der Waals surface area contributed by atoms with Crippen molar-refractivity contribution in [2.75, 3.05) is 26.7 Å². The molecule has 1 fully saturated rings. The molecule has 2 aromatic carbocycles. The molecule has 0 spiro atoms. The van der Waals surface area contributed by atoms with Crippen LogP contribution in [0.1, 0.15) is 42.6 Å². The van der Waals surface area contributed by atoms with Crippen molar-refractivity contribution in [2.45, 2.75) is 38.2 Å². The number of rotatable bonds is 5. The van der Waals surface area contributed by atoms with Gasteiger partial charge in [0.1, 0.15) is 11.0 Å². The first kappa shape index (κ1) is 21.2. The number of fused-ring (bicyclic) bond motifs is 1. The summed E-state index contributed by atoms with van der Waals surface area (Å²) in [5.74, 6) is -0.203. The molecule has 1 aliphatic heterocycles. The Hall–Kier alpha value is -2.01. The van der Waals surface area contributed by atoms with E-state index < -0.39 is 0 Å². The Morgan fingerprint density at radius 1 is 1.13 bits per heavy atom. The van der Waals surface area contributed by atoms with Crippen LogP contribution in [0.3, 0.4) is 0 Å². The Balaban J connectivity index is 1.62. The molecule has 0 radical (unpaired) electrons. The van der Waals surface area contributed by atoms with Crippen molar-refractivity contribution < 1.29 is 9.13 Å². The van der Waals surface area contributed by atoms with E-state index in [1.165, 1.54) is 5.56 Å². The van der Waals surface area contributed by atoms with E-state index in [9.17, 15) is 4.39 Å². The summed E-state index contributed by atoms with van der Waals surface area (Å²) in [6.45, 7) is 6.74. The minimum absolute atomic E-state index is 0.112. The lowest BCUT2D eigenvalue weighted by Crippen LogP contribution is -2.44. The number of likely N-dealkylation sites (tertiary alicyclic amines) is 1. The Morgan fingerprint density at radius 3 is 2.53 bits per heavy atom. The van der Waals surface area contributed by atoms with Crippen molar-refractivity contribution in [3.05, 3.63) is 76.2 Å². The summed E-state index contributed by atoms with van der Waals surface area (Å²) in [6.07, 6.45) is 1.84. The molecule has 1 unspecified atom stereocenters. The Bertz CT molecular complexity index is 1030. The van der Waals surface area contributed by atoms with Crippen LogP contribution >= 0.6 is 11.6 Å². The summed E-state index contributed by atoms with van der Waals surface area (Å²) in [5, 5.41) is 1.55. The number of benzene rings is 2. The molecule has 0 bridgehead atoms. The molecular formula is C25H28ClFN2O. The topological polar surface area (TPSA) is 25.4 Å². The van der Waals surface area contributed by atoms with E-state index in [-0.39, 0.29) is 17.3 Å². The molecular weight excluding hydrogens is 399 g/mol. The highest BCUT2D eigenvalue weighted by Crippen LogP contribution is 2.38. The van der Waals surface area contributed by atoms with Gasteiger partial charge in [0.2, 0.25) is 0 Å². The third kappa shape index (κ3) is 4.36. The van der Waals surface area contributed by atoms with E-state index in [0.717, 1.165) is 48.0 Å². The number of pyridine rings is 1. The molecule has 158 valence electrons. The first-order valence-corrected chi connectivity index (χ1v) is 10.9. The third-order valence-electron chi connectivity index (χ3n) is 6.38. The van der Waals surface area contributed by atoms with Crippen LogP contribution in [0.2, 0.25) is 5.15 Å². The van der Waals surface area contributed by atoms with Crippen molar-refractivity contribution in [1.29, 1.82) is 0 Å². The van der Waals surface area contributed by atoms with Gasteiger partial charge in [0, 0.05) is 16.4 Å². The number of hydrogen-bond donors (Lipinski definition) is 0. The van der Waals surface area contributed by atoms with Crippen molar-refractivity contribution in [3.8, 4) is 0 Å². The van der Waals surface area contributed by atoms with E-state index in [1.54, 1.807) is 12.1 Å². The van der Waals surface area contributed by atoms with E-state index in [4.69, 9.17) is 16.3 Å². The van der Waals surface area contributed by atoms with Gasteiger partial charge in [0.25, 0.3) is 0 Å². The summed E-state index contributed by atoms with van der Waals surface area (Å²) >= 11 is 6.18. The maximum Gasteiger partial charge on any atom is 0.129 e. The maximum absolute atomic E-state index is 13.5. The number of aromatic nitrogens is 1. The van der Waals surface area contributed by atoms with Crippen LogP contribution in [0.15, 0.2) is 48.5 Å². The highest BCUT2D eigenvalue weighted by molar-refractivity contribution is 6.29. The summed E-state index contributed by atoms with van der Waals surface area (Å²) < 4.78 is 20.0. The molecule has 4 rings (SSSR count). The Labute approximate surface area is 182 Å². The van der Waals surface area contributed by atoms with Gasteiger partial charge in [-0.05, 0) is 82.7 Å². The normalized spacial score (nSPS) is 17.9. The van der Waals surface area contributed by atoms with Gasteiger partial charge in [-0.25, -0.2) is 9.37 Å². The molecule has 0 saturated carbocycles. The number of hydrogen-bond acceptors (Lipinski definition) is 3. The van der Waals surface area contributed by atoms with Gasteiger partial charge in [-0.1, -0.05) is 35.4 Å². The third-order valence-corrected chi connectivity index (χ3v) is 6.59. The van der Waals surface area contributed by atoms with E-state index in [0.29, 0.717) is 11.8 Å². The minimum atomic E-state index is -0.203. The Morgan fingerprint density at radius 2 is 1.83 bits per heavy atom. The molecule has 1 saturated heterocycles. The predicted octanol–water partition coefficient (Wildman–Crippen LogP) is 6.08. The predicted molar refractivity (Wildman–Crippen MR) is 121 cm³/mol. The summed E-state index contributed by atoms with van der Waals surface area (Å²) in [6, 6.07) is 15.0. The zero-order valence-electron chi connectivity index (χ0n) is 17.8. The first-order chi connectivity index (χ1) is 14.4. The summed E-state index contributed by atoms with van der Waals surface area (Å²) in [4.78, 5) is 6.90. The largest absolute Gasteiger partial charge is 0.373 e. The molecule has 2 heterocycles. The van der Waals surface area contributed by atoms with Crippen LogP contribution in [-0.2, 0) is 10.2 Å². The van der Waals surface area contributed by atoms with Crippen molar-refractivity contribution in [2.24, 2.45) is 0 Å². The van der Waals surface area contributed by atoms with Gasteiger partial charge in [-0.3, -0.25) is 0 Å². The van der Waals surface area contributed by atoms with Crippen LogP contribution in [-0.4, -0.2) is 36.6 Å². The van der Waals surface area contributed by atoms with Crippen LogP contribution in [0.5, 0.6) is 0 Å². The van der Waals surface area contributed by atoms with Crippen LogP contribution in [0.4, 0.5) is 4.39 Å². The Kier molecular flexibility index (Phi) is 6.10. The molecule has 0 N–H and O–H groups in total. The number of aryl methyl sites for hydroxylation is 1. The standard InChI is InChI=1S/C25H28ClFN2O/c1-17-14-19-4-9-23(26)28-24(19)22(15-17)18(2)30-16-25(10-12-29(3)13-11-25)20-5-7-21(27)8-6-20/h4-9,14-15,18H,10-13,16H2,1-3H3. The summed E-state index contributed by atoms with van der Waals surface area (Å²) in [7, 11) is 2.15. The second-order valence-electron chi connectivity index (χ2n) is 8.60. The number of halogens is 2. The van der Waals surface area contributed by atoms with Crippen LogP contribution in [0, 0.1) is 12.7 Å². The molecule has 0 amide bonds. The second kappa shape index (κ2) is 8.62. The molecule has 0 aliphatic carbocycles. The van der Waals surface area contributed by atoms with E-state index in [2.05, 4.69) is 42.9 Å². The quantitative estimate of drug-likeness (QED) is 0.462.